The van der Waals surface area contributed by atoms with Gasteiger partial charge in [0, 0.05) is 0 Å². The molecule has 0 aliphatic carbocycles. The fourth-order valence-electron chi connectivity index (χ4n) is 3.03. The summed E-state index contributed by atoms with van der Waals surface area (Å²) in [5.41, 5.74) is -0.861. The van der Waals surface area contributed by atoms with Crippen LogP contribution in [0.3, 0.4) is 0 Å². The number of aliphatic hydroxyl groups is 1. The van der Waals surface area contributed by atoms with Crippen LogP contribution in [0, 0.1) is 0 Å². The molecule has 0 spiro atoms. The third kappa shape index (κ3) is 4.67. The summed E-state index contributed by atoms with van der Waals surface area (Å²) >= 11 is 0. The average molecular weight is 405 g/mol. The van der Waals surface area contributed by atoms with Crippen molar-refractivity contribution in [3.8, 4) is 5.75 Å². The Morgan fingerprint density at radius 3 is 1.97 bits per heavy atom. The molecule has 3 aromatic carbocycles. The Labute approximate surface area is 175 Å². The minimum absolute atomic E-state index is 0.350. The van der Waals surface area contributed by atoms with E-state index in [0.29, 0.717) is 29.2 Å². The van der Waals surface area contributed by atoms with E-state index < -0.39 is 24.1 Å². The predicted octanol–water partition coefficient (Wildman–Crippen LogP) is 3.50. The number of hydrogen-bond donors (Lipinski definition) is 2. The topological polar surface area (TPSA) is 84.9 Å². The van der Waals surface area contributed by atoms with Crippen LogP contribution in [-0.4, -0.2) is 30.2 Å². The zero-order valence-corrected chi connectivity index (χ0v) is 16.6. The summed E-state index contributed by atoms with van der Waals surface area (Å²) < 4.78 is 10.7. The van der Waals surface area contributed by atoms with Crippen LogP contribution in [0.25, 0.3) is 0 Å². The lowest BCUT2D eigenvalue weighted by atomic mass is 9.86. The molecule has 1 amide bonds. The van der Waals surface area contributed by atoms with Crippen LogP contribution in [-0.2, 0) is 19.9 Å². The van der Waals surface area contributed by atoms with E-state index in [1.165, 1.54) is 0 Å². The molecule has 0 saturated heterocycles. The monoisotopic (exact) mass is 405 g/mol. The van der Waals surface area contributed by atoms with Crippen molar-refractivity contribution in [3.05, 3.63) is 96.1 Å². The first-order valence-corrected chi connectivity index (χ1v) is 9.58. The highest BCUT2D eigenvalue weighted by Gasteiger charge is 2.41. The zero-order chi connectivity index (χ0) is 21.4. The molecule has 0 aliphatic heterocycles. The van der Waals surface area contributed by atoms with Crippen molar-refractivity contribution in [2.24, 2.45) is 0 Å². The number of ether oxygens (including phenoxy) is 2. The number of carbonyl (C=O) groups excluding carboxylic acids is 2. The van der Waals surface area contributed by atoms with E-state index in [2.05, 4.69) is 5.32 Å². The Morgan fingerprint density at radius 2 is 1.40 bits per heavy atom. The standard InChI is InChI=1S/C24H23NO5/c1-2-29-21-16-10-9-15-20(21)25-22(26)17-30-23(27)24(28,18-11-5-3-6-12-18)19-13-7-4-8-14-19/h3-16,28H,2,17H2,1H3,(H,25,26). The first kappa shape index (κ1) is 21.1. The van der Waals surface area contributed by atoms with Crippen LogP contribution >= 0.6 is 0 Å². The third-order valence-electron chi connectivity index (χ3n) is 4.47. The molecule has 154 valence electrons. The van der Waals surface area contributed by atoms with Crippen LogP contribution in [0.4, 0.5) is 5.69 Å². The summed E-state index contributed by atoms with van der Waals surface area (Å²) in [6, 6.07) is 23.9. The van der Waals surface area contributed by atoms with E-state index in [-0.39, 0.29) is 0 Å². The number of anilines is 1. The van der Waals surface area contributed by atoms with Gasteiger partial charge in [0.2, 0.25) is 5.60 Å². The second-order valence-electron chi connectivity index (χ2n) is 6.50. The van der Waals surface area contributed by atoms with Gasteiger partial charge in [-0.1, -0.05) is 72.8 Å². The molecule has 0 atom stereocenters. The van der Waals surface area contributed by atoms with Crippen molar-refractivity contribution in [1.82, 2.24) is 0 Å². The average Bonchev–Trinajstić information content (AvgIpc) is 2.79. The van der Waals surface area contributed by atoms with Gasteiger partial charge in [0.05, 0.1) is 12.3 Å². The molecule has 3 rings (SSSR count). The summed E-state index contributed by atoms with van der Waals surface area (Å²) in [5, 5.41) is 14.0. The van der Waals surface area contributed by atoms with Crippen LogP contribution in [0.5, 0.6) is 5.75 Å². The quantitative estimate of drug-likeness (QED) is 0.561. The van der Waals surface area contributed by atoms with Gasteiger partial charge in [-0.05, 0) is 30.2 Å². The molecule has 0 aromatic heterocycles. The van der Waals surface area contributed by atoms with E-state index >= 15 is 0 Å². The molecule has 6 heteroatoms. The Balaban J connectivity index is 1.75. The smallest absolute Gasteiger partial charge is 0.348 e. The normalized spacial score (nSPS) is 10.9. The lowest BCUT2D eigenvalue weighted by Gasteiger charge is -2.27. The number of benzene rings is 3. The molecule has 0 radical (unpaired) electrons. The van der Waals surface area contributed by atoms with E-state index in [0.717, 1.165) is 0 Å². The van der Waals surface area contributed by atoms with Crippen molar-refractivity contribution < 1.29 is 24.2 Å². The van der Waals surface area contributed by atoms with Gasteiger partial charge in [-0.3, -0.25) is 4.79 Å². The lowest BCUT2D eigenvalue weighted by molar-refractivity contribution is -0.163. The highest BCUT2D eigenvalue weighted by molar-refractivity contribution is 5.95. The lowest BCUT2D eigenvalue weighted by Crippen LogP contribution is -2.39. The molecule has 3 aromatic rings. The maximum Gasteiger partial charge on any atom is 0.348 e. The van der Waals surface area contributed by atoms with Gasteiger partial charge in [0.25, 0.3) is 5.91 Å². The second kappa shape index (κ2) is 9.71. The molecule has 0 fully saturated rings. The van der Waals surface area contributed by atoms with Crippen molar-refractivity contribution in [3.63, 3.8) is 0 Å². The fourth-order valence-corrected chi connectivity index (χ4v) is 3.03. The molecule has 0 unspecified atom stereocenters. The predicted molar refractivity (Wildman–Crippen MR) is 113 cm³/mol. The number of para-hydroxylation sites is 2. The Hall–Kier alpha value is -3.64. The second-order valence-corrected chi connectivity index (χ2v) is 6.50. The molecule has 0 saturated carbocycles. The van der Waals surface area contributed by atoms with Gasteiger partial charge >= 0.3 is 5.97 Å². The summed E-state index contributed by atoms with van der Waals surface area (Å²) in [7, 11) is 0. The van der Waals surface area contributed by atoms with E-state index in [9.17, 15) is 14.7 Å². The van der Waals surface area contributed by atoms with Crippen molar-refractivity contribution in [2.45, 2.75) is 12.5 Å². The zero-order valence-electron chi connectivity index (χ0n) is 16.6. The highest BCUT2D eigenvalue weighted by atomic mass is 16.6. The molecule has 0 aliphatic rings. The van der Waals surface area contributed by atoms with Crippen molar-refractivity contribution in [2.75, 3.05) is 18.5 Å². The maximum atomic E-state index is 12.9. The van der Waals surface area contributed by atoms with E-state index in [4.69, 9.17) is 9.47 Å². The molecule has 0 heterocycles. The van der Waals surface area contributed by atoms with Gasteiger partial charge in [-0.25, -0.2) is 4.79 Å². The minimum atomic E-state index is -2.04. The van der Waals surface area contributed by atoms with E-state index in [1.807, 2.05) is 6.92 Å². The maximum absolute atomic E-state index is 12.9. The summed E-state index contributed by atoms with van der Waals surface area (Å²) in [6.07, 6.45) is 0. The van der Waals surface area contributed by atoms with Gasteiger partial charge in [0.15, 0.2) is 6.61 Å². The van der Waals surface area contributed by atoms with Crippen molar-refractivity contribution >= 4 is 17.6 Å². The number of esters is 1. The molecule has 30 heavy (non-hydrogen) atoms. The number of rotatable bonds is 8. The Bertz CT molecular complexity index is 949. The van der Waals surface area contributed by atoms with Gasteiger partial charge in [-0.2, -0.15) is 0 Å². The summed E-state index contributed by atoms with van der Waals surface area (Å²) in [5.74, 6) is -0.961. The molecule has 0 bridgehead atoms. The SMILES string of the molecule is CCOc1ccccc1NC(=O)COC(=O)C(O)(c1ccccc1)c1ccccc1. The largest absolute Gasteiger partial charge is 0.492 e. The highest BCUT2D eigenvalue weighted by Crippen LogP contribution is 2.31. The summed E-state index contributed by atoms with van der Waals surface area (Å²) in [6.45, 7) is 1.73. The fraction of sp³-hybridized carbons (Fsp3) is 0.167. The first-order valence-electron chi connectivity index (χ1n) is 9.58. The van der Waals surface area contributed by atoms with Crippen LogP contribution in [0.2, 0.25) is 0 Å². The Morgan fingerprint density at radius 1 is 0.867 bits per heavy atom. The van der Waals surface area contributed by atoms with Crippen LogP contribution < -0.4 is 10.1 Å². The molecular weight excluding hydrogens is 382 g/mol. The molecule has 6 nitrogen and oxygen atoms in total. The van der Waals surface area contributed by atoms with Gasteiger partial charge in [-0.15, -0.1) is 0 Å². The van der Waals surface area contributed by atoms with Gasteiger partial charge in [0.1, 0.15) is 5.75 Å². The molecular formula is C24H23NO5. The number of nitrogens with one attached hydrogen (secondary N) is 1. The van der Waals surface area contributed by atoms with Crippen molar-refractivity contribution in [1.29, 1.82) is 0 Å². The number of hydrogen-bond acceptors (Lipinski definition) is 5. The van der Waals surface area contributed by atoms with Crippen LogP contribution in [0.15, 0.2) is 84.9 Å². The van der Waals surface area contributed by atoms with E-state index in [1.54, 1.807) is 84.9 Å². The minimum Gasteiger partial charge on any atom is -0.492 e. The van der Waals surface area contributed by atoms with Gasteiger partial charge < -0.3 is 19.9 Å². The number of amides is 1. The number of carbonyl (C=O) groups is 2. The molecule has 2 N–H and O–H groups in total. The Kier molecular flexibility index (Phi) is 6.83. The van der Waals surface area contributed by atoms with Crippen LogP contribution in [0.1, 0.15) is 18.1 Å². The first-order chi connectivity index (χ1) is 14.6. The summed E-state index contributed by atoms with van der Waals surface area (Å²) in [4.78, 5) is 25.3. The third-order valence-corrected chi connectivity index (χ3v) is 4.47.